The molecule has 0 atom stereocenters. The third-order valence-electron chi connectivity index (χ3n) is 4.45. The highest BCUT2D eigenvalue weighted by molar-refractivity contribution is 5.70. The van der Waals surface area contributed by atoms with Crippen LogP contribution in [0.2, 0.25) is 0 Å². The van der Waals surface area contributed by atoms with E-state index in [9.17, 15) is 19.8 Å². The van der Waals surface area contributed by atoms with E-state index in [2.05, 4.69) is 10.6 Å². The summed E-state index contributed by atoms with van der Waals surface area (Å²) >= 11 is 0. The van der Waals surface area contributed by atoms with Crippen LogP contribution in [-0.2, 0) is 22.4 Å². The average Bonchev–Trinajstić information content (AvgIpc) is 2.65. The molecule has 2 aromatic carbocycles. The molecule has 28 heavy (non-hydrogen) atoms. The van der Waals surface area contributed by atoms with Crippen molar-refractivity contribution in [2.24, 2.45) is 0 Å². The Bertz CT molecular complexity index is 806. The number of aromatic hydroxyl groups is 2. The predicted octanol–water partition coefficient (Wildman–Crippen LogP) is 1.32. The molecule has 6 N–H and O–H groups in total. The van der Waals surface area contributed by atoms with Gasteiger partial charge in [-0.3, -0.25) is 20.2 Å². The predicted molar refractivity (Wildman–Crippen MR) is 102 cm³/mol. The molecule has 0 fully saturated rings. The Balaban J connectivity index is 2.32. The first-order chi connectivity index (χ1) is 13.3. The number of rotatable bonds is 11. The minimum atomic E-state index is -1.13. The Labute approximate surface area is 162 Å². The number of para-hydroxylation sites is 2. The molecule has 0 aliphatic heterocycles. The molecule has 0 amide bonds. The largest absolute Gasteiger partial charge is 0.508 e. The number of aliphatic carboxylic acids is 2. The second-order valence-electron chi connectivity index (χ2n) is 6.51. The van der Waals surface area contributed by atoms with Crippen LogP contribution in [0.4, 0.5) is 0 Å². The van der Waals surface area contributed by atoms with Crippen LogP contribution in [0.1, 0.15) is 17.5 Å². The molecule has 0 aliphatic rings. The van der Waals surface area contributed by atoms with E-state index in [-0.39, 0.29) is 24.3 Å². The Morgan fingerprint density at radius 2 is 1.25 bits per heavy atom. The van der Waals surface area contributed by atoms with Crippen molar-refractivity contribution in [1.82, 2.24) is 10.6 Å². The highest BCUT2D eigenvalue weighted by atomic mass is 16.4. The number of carbonyl (C=O) groups is 2. The second kappa shape index (κ2) is 9.72. The van der Waals surface area contributed by atoms with Gasteiger partial charge >= 0.3 is 11.9 Å². The molecule has 0 aromatic heterocycles. The van der Waals surface area contributed by atoms with Crippen LogP contribution in [0, 0.1) is 0 Å². The molecule has 0 saturated heterocycles. The molecule has 0 bridgehead atoms. The molecule has 0 aliphatic carbocycles. The van der Waals surface area contributed by atoms with Crippen LogP contribution in [0.15, 0.2) is 48.5 Å². The summed E-state index contributed by atoms with van der Waals surface area (Å²) < 4.78 is 0. The van der Waals surface area contributed by atoms with Crippen molar-refractivity contribution in [2.45, 2.75) is 24.9 Å². The molecular formula is C20H24N2O6. The Morgan fingerprint density at radius 3 is 1.71 bits per heavy atom. The molecule has 2 rings (SSSR count). The zero-order valence-electron chi connectivity index (χ0n) is 15.3. The van der Waals surface area contributed by atoms with Crippen molar-refractivity contribution in [3.63, 3.8) is 0 Å². The molecular weight excluding hydrogens is 364 g/mol. The maximum absolute atomic E-state index is 11.1. The third kappa shape index (κ3) is 6.26. The number of phenols is 2. The number of carboxylic acids is 2. The maximum atomic E-state index is 11.1. The summed E-state index contributed by atoms with van der Waals surface area (Å²) in [6, 6.07) is 13.4. The van der Waals surface area contributed by atoms with Gasteiger partial charge in [0, 0.05) is 6.42 Å². The number of aryl methyl sites for hydroxylation is 1. The summed E-state index contributed by atoms with van der Waals surface area (Å²) in [4.78, 5) is 22.3. The van der Waals surface area contributed by atoms with Crippen LogP contribution in [0.25, 0.3) is 0 Å². The number of carboxylic acid groups (broad SMARTS) is 2. The van der Waals surface area contributed by atoms with Gasteiger partial charge in [0.2, 0.25) is 0 Å². The average molecular weight is 388 g/mol. The summed E-state index contributed by atoms with van der Waals surface area (Å²) in [7, 11) is 0. The van der Waals surface area contributed by atoms with Crippen molar-refractivity contribution < 1.29 is 30.0 Å². The minimum absolute atomic E-state index is 0.0312. The fraction of sp³-hybridized carbons (Fsp3) is 0.300. The monoisotopic (exact) mass is 388 g/mol. The Hall–Kier alpha value is -3.10. The van der Waals surface area contributed by atoms with E-state index in [0.29, 0.717) is 17.5 Å². The molecule has 2 aromatic rings. The maximum Gasteiger partial charge on any atom is 0.317 e. The summed E-state index contributed by atoms with van der Waals surface area (Å²) in [6.45, 7) is -0.804. The highest BCUT2D eigenvalue weighted by Gasteiger charge is 2.32. The van der Waals surface area contributed by atoms with E-state index in [4.69, 9.17) is 10.2 Å². The lowest BCUT2D eigenvalue weighted by Gasteiger charge is -2.36. The van der Waals surface area contributed by atoms with Gasteiger partial charge < -0.3 is 20.4 Å². The lowest BCUT2D eigenvalue weighted by molar-refractivity contribution is -0.136. The second-order valence-corrected chi connectivity index (χ2v) is 6.51. The highest BCUT2D eigenvalue weighted by Crippen LogP contribution is 2.26. The van der Waals surface area contributed by atoms with Crippen LogP contribution in [0.3, 0.4) is 0 Å². The molecule has 8 heteroatoms. The van der Waals surface area contributed by atoms with Crippen molar-refractivity contribution in [3.8, 4) is 11.5 Å². The van der Waals surface area contributed by atoms with Gasteiger partial charge in [0.25, 0.3) is 0 Å². The first kappa shape index (κ1) is 21.2. The van der Waals surface area contributed by atoms with Gasteiger partial charge in [0.05, 0.1) is 18.8 Å². The SMILES string of the molecule is O=C(O)CNC(CCc1ccccc1O)(Cc1ccccc1O)NCC(=O)O. The Morgan fingerprint density at radius 1 is 0.786 bits per heavy atom. The number of phenolic OH excluding ortho intramolecular Hbond substituents is 2. The summed E-state index contributed by atoms with van der Waals surface area (Å²) in [5.74, 6) is -2.05. The van der Waals surface area contributed by atoms with E-state index in [0.717, 1.165) is 0 Å². The lowest BCUT2D eigenvalue weighted by atomic mass is 9.91. The normalized spacial score (nSPS) is 11.3. The number of hydrogen-bond acceptors (Lipinski definition) is 6. The minimum Gasteiger partial charge on any atom is -0.508 e. The third-order valence-corrected chi connectivity index (χ3v) is 4.45. The standard InChI is InChI=1S/C20H24N2O6/c23-16-7-3-1-5-14(16)9-10-20(21-12-18(25)26,22-13-19(27)28)11-15-6-2-4-8-17(15)24/h1-8,21-24H,9-13H2,(H,25,26)(H,27,28). The summed E-state index contributed by atoms with van der Waals surface area (Å²) in [6.07, 6.45) is 0.785. The van der Waals surface area contributed by atoms with Crippen molar-refractivity contribution >= 4 is 11.9 Å². The first-order valence-corrected chi connectivity index (χ1v) is 8.79. The molecule has 8 nitrogen and oxygen atoms in total. The fourth-order valence-corrected chi connectivity index (χ4v) is 3.00. The van der Waals surface area contributed by atoms with E-state index >= 15 is 0 Å². The van der Waals surface area contributed by atoms with Gasteiger partial charge in [-0.15, -0.1) is 0 Å². The molecule has 0 spiro atoms. The van der Waals surface area contributed by atoms with E-state index in [1.54, 1.807) is 42.5 Å². The van der Waals surface area contributed by atoms with Crippen LogP contribution < -0.4 is 10.6 Å². The van der Waals surface area contributed by atoms with Gasteiger partial charge in [0.1, 0.15) is 11.5 Å². The van der Waals surface area contributed by atoms with E-state index in [1.165, 1.54) is 6.07 Å². The van der Waals surface area contributed by atoms with Gasteiger partial charge in [-0.05, 0) is 36.1 Å². The van der Waals surface area contributed by atoms with Gasteiger partial charge in [-0.25, -0.2) is 0 Å². The van der Waals surface area contributed by atoms with E-state index in [1.807, 2.05) is 0 Å². The lowest BCUT2D eigenvalue weighted by Crippen LogP contribution is -2.61. The quantitative estimate of drug-likeness (QED) is 0.317. The van der Waals surface area contributed by atoms with E-state index < -0.39 is 30.7 Å². The van der Waals surface area contributed by atoms with Gasteiger partial charge in [0.15, 0.2) is 0 Å². The molecule has 0 saturated carbocycles. The fourth-order valence-electron chi connectivity index (χ4n) is 3.00. The summed E-state index contributed by atoms with van der Waals surface area (Å²) in [5, 5.41) is 44.1. The zero-order chi connectivity index (χ0) is 20.6. The van der Waals surface area contributed by atoms with Crippen LogP contribution >= 0.6 is 0 Å². The number of hydrogen-bond donors (Lipinski definition) is 6. The smallest absolute Gasteiger partial charge is 0.317 e. The number of benzene rings is 2. The summed E-state index contributed by atoms with van der Waals surface area (Å²) in [5.41, 5.74) is 0.0618. The molecule has 0 unspecified atom stereocenters. The topological polar surface area (TPSA) is 139 Å². The first-order valence-electron chi connectivity index (χ1n) is 8.79. The Kier molecular flexibility index (Phi) is 7.36. The number of nitrogens with one attached hydrogen (secondary N) is 2. The van der Waals surface area contributed by atoms with Gasteiger partial charge in [-0.1, -0.05) is 36.4 Å². The van der Waals surface area contributed by atoms with Crippen molar-refractivity contribution in [2.75, 3.05) is 13.1 Å². The van der Waals surface area contributed by atoms with Crippen LogP contribution in [-0.4, -0.2) is 51.1 Å². The molecule has 0 radical (unpaired) electrons. The zero-order valence-corrected chi connectivity index (χ0v) is 15.3. The molecule has 0 heterocycles. The molecule has 150 valence electrons. The van der Waals surface area contributed by atoms with Crippen molar-refractivity contribution in [1.29, 1.82) is 0 Å². The van der Waals surface area contributed by atoms with Crippen molar-refractivity contribution in [3.05, 3.63) is 59.7 Å². The van der Waals surface area contributed by atoms with Gasteiger partial charge in [-0.2, -0.15) is 0 Å². The van der Waals surface area contributed by atoms with Crippen LogP contribution in [0.5, 0.6) is 11.5 Å².